The van der Waals surface area contributed by atoms with Gasteiger partial charge in [0.15, 0.2) is 0 Å². The molecule has 178 valence electrons. The van der Waals surface area contributed by atoms with Crippen molar-refractivity contribution in [2.45, 2.75) is 13.0 Å². The van der Waals surface area contributed by atoms with Crippen LogP contribution < -0.4 is 25.2 Å². The molecule has 1 unspecified atom stereocenters. The molecule has 1 N–H and O–H groups in total. The van der Waals surface area contributed by atoms with Crippen LogP contribution in [-0.2, 0) is 0 Å². The van der Waals surface area contributed by atoms with Crippen molar-refractivity contribution >= 4 is 22.8 Å². The van der Waals surface area contributed by atoms with Gasteiger partial charge >= 0.3 is 11.6 Å². The first-order valence-corrected chi connectivity index (χ1v) is 10.8. The number of fused-ring (bicyclic) bond motifs is 1. The Morgan fingerprint density at radius 3 is 2.23 bits per heavy atom. The molecule has 4 rings (SSSR count). The van der Waals surface area contributed by atoms with E-state index in [0.717, 1.165) is 5.56 Å². The van der Waals surface area contributed by atoms with E-state index in [1.807, 2.05) is 37.3 Å². The van der Waals surface area contributed by atoms with Gasteiger partial charge in [-0.15, -0.1) is 0 Å². The maximum atomic E-state index is 12.8. The summed E-state index contributed by atoms with van der Waals surface area (Å²) in [5.74, 6) is -0.514. The minimum Gasteiger partial charge on any atom is -0.496 e. The molecule has 0 aliphatic rings. The first-order valence-electron chi connectivity index (χ1n) is 10.8. The molecule has 8 heteroatoms. The lowest BCUT2D eigenvalue weighted by atomic mass is 10.1. The van der Waals surface area contributed by atoms with Crippen molar-refractivity contribution in [2.24, 2.45) is 0 Å². The summed E-state index contributed by atoms with van der Waals surface area (Å²) < 4.78 is 21.3. The molecule has 35 heavy (non-hydrogen) atoms. The van der Waals surface area contributed by atoms with Gasteiger partial charge in [0.1, 0.15) is 34.0 Å². The summed E-state index contributed by atoms with van der Waals surface area (Å²) in [5.41, 5.74) is 0.275. The highest BCUT2D eigenvalue weighted by molar-refractivity contribution is 5.98. The van der Waals surface area contributed by atoms with Crippen LogP contribution in [0.4, 0.5) is 0 Å². The zero-order valence-corrected chi connectivity index (χ0v) is 19.4. The second-order valence-corrected chi connectivity index (χ2v) is 7.68. The Balaban J connectivity index is 1.57. The van der Waals surface area contributed by atoms with Crippen molar-refractivity contribution in [1.29, 1.82) is 0 Å². The molecule has 1 aromatic heterocycles. The van der Waals surface area contributed by atoms with Crippen molar-refractivity contribution in [3.63, 3.8) is 0 Å². The summed E-state index contributed by atoms with van der Waals surface area (Å²) >= 11 is 0. The number of esters is 1. The summed E-state index contributed by atoms with van der Waals surface area (Å²) in [5, 5.41) is 3.30. The number of benzene rings is 3. The average Bonchev–Trinajstić information content (AvgIpc) is 2.87. The maximum absolute atomic E-state index is 12.8. The van der Waals surface area contributed by atoms with Gasteiger partial charge in [0.2, 0.25) is 0 Å². The Morgan fingerprint density at radius 2 is 1.57 bits per heavy atom. The lowest BCUT2D eigenvalue weighted by molar-refractivity contribution is 0.0727. The monoisotopic (exact) mass is 473 g/mol. The second kappa shape index (κ2) is 10.1. The van der Waals surface area contributed by atoms with E-state index >= 15 is 0 Å². The molecule has 0 fully saturated rings. The number of rotatable bonds is 7. The Bertz CT molecular complexity index is 1420. The summed E-state index contributed by atoms with van der Waals surface area (Å²) in [6.07, 6.45) is 0. The fourth-order valence-electron chi connectivity index (χ4n) is 3.62. The molecular formula is C27H23NO7. The van der Waals surface area contributed by atoms with Gasteiger partial charge in [0.05, 0.1) is 20.3 Å². The van der Waals surface area contributed by atoms with E-state index in [4.69, 9.17) is 18.6 Å². The van der Waals surface area contributed by atoms with Crippen molar-refractivity contribution in [2.75, 3.05) is 14.2 Å². The summed E-state index contributed by atoms with van der Waals surface area (Å²) in [6, 6.07) is 20.0. The molecule has 3 aromatic carbocycles. The number of methoxy groups -OCH3 is 2. The lowest BCUT2D eigenvalue weighted by Crippen LogP contribution is -2.30. The average molecular weight is 473 g/mol. The van der Waals surface area contributed by atoms with Crippen molar-refractivity contribution in [3.8, 4) is 17.2 Å². The smallest absolute Gasteiger partial charge is 0.351 e. The Hall–Kier alpha value is -4.59. The first kappa shape index (κ1) is 23.6. The number of hydrogen-bond donors (Lipinski definition) is 1. The number of nitrogens with one attached hydrogen (secondary N) is 1. The van der Waals surface area contributed by atoms with E-state index in [1.54, 1.807) is 24.3 Å². The van der Waals surface area contributed by atoms with Gasteiger partial charge in [-0.05, 0) is 42.8 Å². The molecule has 0 saturated carbocycles. The lowest BCUT2D eigenvalue weighted by Gasteiger charge is -2.14. The topological polar surface area (TPSA) is 104 Å². The summed E-state index contributed by atoms with van der Waals surface area (Å²) in [4.78, 5) is 38.1. The number of carbonyl (C=O) groups excluding carboxylic acids is 2. The number of carbonyl (C=O) groups is 2. The van der Waals surface area contributed by atoms with Crippen molar-refractivity contribution in [1.82, 2.24) is 5.32 Å². The van der Waals surface area contributed by atoms with Crippen LogP contribution in [0.25, 0.3) is 11.0 Å². The molecule has 0 aliphatic heterocycles. The largest absolute Gasteiger partial charge is 0.496 e. The predicted octanol–water partition coefficient (Wildman–Crippen LogP) is 4.52. The van der Waals surface area contributed by atoms with Gasteiger partial charge in [0.25, 0.3) is 5.91 Å². The maximum Gasteiger partial charge on any atom is 0.351 e. The van der Waals surface area contributed by atoms with Gasteiger partial charge < -0.3 is 23.9 Å². The third-order valence-electron chi connectivity index (χ3n) is 5.44. The Kier molecular flexibility index (Phi) is 6.82. The van der Waals surface area contributed by atoms with Crippen molar-refractivity contribution < 1.29 is 28.2 Å². The van der Waals surface area contributed by atoms with Crippen LogP contribution in [-0.4, -0.2) is 26.1 Å². The molecule has 4 aromatic rings. The minimum absolute atomic E-state index is 0.121. The normalized spacial score (nSPS) is 11.5. The van der Waals surface area contributed by atoms with Crippen LogP contribution in [0.5, 0.6) is 17.2 Å². The summed E-state index contributed by atoms with van der Waals surface area (Å²) in [7, 11) is 2.87. The predicted molar refractivity (Wildman–Crippen MR) is 129 cm³/mol. The second-order valence-electron chi connectivity index (χ2n) is 7.68. The van der Waals surface area contributed by atoms with Gasteiger partial charge in [-0.2, -0.15) is 0 Å². The fourth-order valence-corrected chi connectivity index (χ4v) is 3.62. The van der Waals surface area contributed by atoms with E-state index in [1.165, 1.54) is 32.4 Å². The molecule has 0 radical (unpaired) electrons. The van der Waals surface area contributed by atoms with Crippen LogP contribution in [0.3, 0.4) is 0 Å². The van der Waals surface area contributed by atoms with Gasteiger partial charge in [-0.1, -0.05) is 36.4 Å². The third-order valence-corrected chi connectivity index (χ3v) is 5.44. The molecular weight excluding hydrogens is 450 g/mol. The van der Waals surface area contributed by atoms with Crippen LogP contribution in [0.15, 0.2) is 82.0 Å². The SMILES string of the molecule is COc1cccc(OC)c1C(=O)Oc1ccc2cc(C(=O)NC(C)c3ccccc3)c(=O)oc2c1. The fraction of sp³-hybridized carbons (Fsp3) is 0.148. The highest BCUT2D eigenvalue weighted by atomic mass is 16.5. The Morgan fingerprint density at radius 1 is 0.886 bits per heavy atom. The quantitative estimate of drug-likeness (QED) is 0.239. The molecule has 1 atom stereocenters. The standard InChI is InChI=1S/C27H23NO7/c1-16(17-8-5-4-6-9-17)28-25(29)20-14-18-12-13-19(15-23(18)35-26(20)30)34-27(31)24-21(32-2)10-7-11-22(24)33-3/h4-16H,1-3H3,(H,28,29). The van der Waals surface area contributed by atoms with Gasteiger partial charge in [0, 0.05) is 11.5 Å². The number of amides is 1. The van der Waals surface area contributed by atoms with E-state index in [0.29, 0.717) is 16.9 Å². The molecule has 0 aliphatic carbocycles. The van der Waals surface area contributed by atoms with Gasteiger partial charge in [-0.3, -0.25) is 4.79 Å². The molecule has 1 heterocycles. The van der Waals surface area contributed by atoms with Crippen molar-refractivity contribution in [3.05, 3.63) is 99.9 Å². The first-order chi connectivity index (χ1) is 16.9. The van der Waals surface area contributed by atoms with E-state index < -0.39 is 17.5 Å². The molecule has 0 bridgehead atoms. The molecule has 1 amide bonds. The van der Waals surface area contributed by atoms with Crippen LogP contribution in [0.1, 0.15) is 39.2 Å². The zero-order chi connectivity index (χ0) is 24.9. The van der Waals surface area contributed by atoms with E-state index in [9.17, 15) is 14.4 Å². The highest BCUT2D eigenvalue weighted by Gasteiger charge is 2.21. The van der Waals surface area contributed by atoms with Crippen LogP contribution in [0, 0.1) is 0 Å². The highest BCUT2D eigenvalue weighted by Crippen LogP contribution is 2.30. The van der Waals surface area contributed by atoms with Crippen LogP contribution in [0.2, 0.25) is 0 Å². The minimum atomic E-state index is -0.801. The van der Waals surface area contributed by atoms with E-state index in [2.05, 4.69) is 5.32 Å². The molecule has 0 saturated heterocycles. The third kappa shape index (κ3) is 5.01. The number of ether oxygens (including phenoxy) is 3. The summed E-state index contributed by atoms with van der Waals surface area (Å²) in [6.45, 7) is 1.83. The Labute approximate surface area is 201 Å². The molecule has 0 spiro atoms. The van der Waals surface area contributed by atoms with Gasteiger partial charge in [-0.25, -0.2) is 9.59 Å². The number of hydrogen-bond acceptors (Lipinski definition) is 7. The zero-order valence-electron chi connectivity index (χ0n) is 19.4. The van der Waals surface area contributed by atoms with E-state index in [-0.39, 0.29) is 28.5 Å². The van der Waals surface area contributed by atoms with Crippen LogP contribution >= 0.6 is 0 Å². The molecule has 8 nitrogen and oxygen atoms in total.